The predicted octanol–water partition coefficient (Wildman–Crippen LogP) is 4.15. The number of esters is 1. The van der Waals surface area contributed by atoms with Gasteiger partial charge in [-0.25, -0.2) is 9.18 Å². The Labute approximate surface area is 148 Å². The first-order chi connectivity index (χ1) is 11.4. The van der Waals surface area contributed by atoms with Crippen LogP contribution in [-0.2, 0) is 11.3 Å². The molecule has 2 aromatic carbocycles. The molecule has 0 aliphatic rings. The van der Waals surface area contributed by atoms with Crippen molar-refractivity contribution in [3.63, 3.8) is 0 Å². The lowest BCUT2D eigenvalue weighted by Crippen LogP contribution is -2.18. The number of aryl methyl sites for hydroxylation is 1. The van der Waals surface area contributed by atoms with Gasteiger partial charge in [0.15, 0.2) is 17.1 Å². The van der Waals surface area contributed by atoms with Crippen molar-refractivity contribution in [3.05, 3.63) is 62.3 Å². The molecule has 0 aliphatic heterocycles. The number of carbonyl (C=O) groups is 1. The lowest BCUT2D eigenvalue weighted by molar-refractivity contribution is -0.134. The summed E-state index contributed by atoms with van der Waals surface area (Å²) in [6.45, 7) is 0.0461. The number of hydrogen-bond acceptors (Lipinski definition) is 4. The molecule has 1 heterocycles. The van der Waals surface area contributed by atoms with Gasteiger partial charge in [-0.3, -0.25) is 9.36 Å². The number of oxazole rings is 1. The molecule has 8 heteroatoms. The first kappa shape index (κ1) is 16.7. The summed E-state index contributed by atoms with van der Waals surface area (Å²) in [4.78, 5) is 23.7. The Morgan fingerprint density at radius 2 is 2.08 bits per heavy atom. The lowest BCUT2D eigenvalue weighted by atomic mass is 10.3. The normalized spacial score (nSPS) is 11.0. The maximum Gasteiger partial charge on any atom is 0.419 e. The highest BCUT2D eigenvalue weighted by Crippen LogP contribution is 2.22. The second-order valence-corrected chi connectivity index (χ2v) is 6.28. The second-order valence-electron chi connectivity index (χ2n) is 4.93. The van der Waals surface area contributed by atoms with E-state index in [1.165, 1.54) is 22.8 Å². The van der Waals surface area contributed by atoms with Crippen molar-refractivity contribution >= 4 is 44.6 Å². The van der Waals surface area contributed by atoms with Crippen LogP contribution in [-0.4, -0.2) is 10.5 Å². The van der Waals surface area contributed by atoms with Gasteiger partial charge in [0.05, 0.1) is 11.9 Å². The summed E-state index contributed by atoms with van der Waals surface area (Å²) in [6.07, 6.45) is -0.118. The van der Waals surface area contributed by atoms with Crippen LogP contribution >= 0.6 is 27.5 Å². The molecule has 3 rings (SSSR count). The summed E-state index contributed by atoms with van der Waals surface area (Å²) in [5.41, 5.74) is 0.854. The zero-order chi connectivity index (χ0) is 17.3. The maximum atomic E-state index is 13.6. The molecule has 0 N–H and O–H groups in total. The van der Waals surface area contributed by atoms with Crippen LogP contribution in [0.5, 0.6) is 5.75 Å². The van der Waals surface area contributed by atoms with Crippen LogP contribution in [0.4, 0.5) is 4.39 Å². The van der Waals surface area contributed by atoms with Gasteiger partial charge >= 0.3 is 11.7 Å². The third-order valence-electron chi connectivity index (χ3n) is 3.29. The van der Waals surface area contributed by atoms with Gasteiger partial charge in [0.25, 0.3) is 0 Å². The monoisotopic (exact) mass is 413 g/mol. The van der Waals surface area contributed by atoms with Gasteiger partial charge < -0.3 is 9.15 Å². The molecular formula is C16H10BrClFNO4. The summed E-state index contributed by atoms with van der Waals surface area (Å²) in [7, 11) is 0. The molecule has 0 amide bonds. The minimum Gasteiger partial charge on any atom is -0.423 e. The number of halogens is 3. The Kier molecular flexibility index (Phi) is 4.73. The first-order valence-corrected chi connectivity index (χ1v) is 8.06. The first-order valence-electron chi connectivity index (χ1n) is 6.88. The van der Waals surface area contributed by atoms with E-state index in [0.29, 0.717) is 20.6 Å². The standard InChI is InChI=1S/C16H10BrClFNO4/c17-9-1-4-13(11(19)7-9)23-15(21)5-6-20-12-3-2-10(18)8-14(12)24-16(20)22/h1-4,7-8H,5-6H2. The van der Waals surface area contributed by atoms with E-state index >= 15 is 0 Å². The minimum absolute atomic E-state index is 0.0461. The van der Waals surface area contributed by atoms with E-state index in [9.17, 15) is 14.0 Å². The van der Waals surface area contributed by atoms with Gasteiger partial charge in [-0.15, -0.1) is 0 Å². The van der Waals surface area contributed by atoms with Crippen molar-refractivity contribution < 1.29 is 18.3 Å². The molecule has 0 fully saturated rings. The highest BCUT2D eigenvalue weighted by molar-refractivity contribution is 9.10. The number of fused-ring (bicyclic) bond motifs is 1. The molecule has 3 aromatic rings. The summed E-state index contributed by atoms with van der Waals surface area (Å²) >= 11 is 8.96. The molecule has 0 saturated carbocycles. The van der Waals surface area contributed by atoms with E-state index < -0.39 is 17.5 Å². The molecular weight excluding hydrogens is 405 g/mol. The van der Waals surface area contributed by atoms with E-state index in [1.807, 2.05) is 0 Å². The number of nitrogens with zero attached hydrogens (tertiary/aromatic N) is 1. The fourth-order valence-corrected chi connectivity index (χ4v) is 2.68. The van der Waals surface area contributed by atoms with E-state index in [-0.39, 0.29) is 18.7 Å². The van der Waals surface area contributed by atoms with Crippen molar-refractivity contribution in [3.8, 4) is 5.75 Å². The SMILES string of the molecule is O=C(CCn1c(=O)oc2cc(Cl)ccc21)Oc1ccc(Br)cc1F. The Morgan fingerprint density at radius 3 is 2.83 bits per heavy atom. The second kappa shape index (κ2) is 6.78. The summed E-state index contributed by atoms with van der Waals surface area (Å²) in [5.74, 6) is -2.08. The van der Waals surface area contributed by atoms with Crippen molar-refractivity contribution in [2.24, 2.45) is 0 Å². The minimum atomic E-state index is -0.661. The smallest absolute Gasteiger partial charge is 0.419 e. The number of hydrogen-bond donors (Lipinski definition) is 0. The number of aromatic nitrogens is 1. The Bertz CT molecular complexity index is 982. The van der Waals surface area contributed by atoms with Crippen LogP contribution in [0.15, 0.2) is 50.1 Å². The molecule has 1 aromatic heterocycles. The van der Waals surface area contributed by atoms with Crippen LogP contribution in [0.2, 0.25) is 5.02 Å². The van der Waals surface area contributed by atoms with Crippen molar-refractivity contribution in [1.82, 2.24) is 4.57 Å². The predicted molar refractivity (Wildman–Crippen MR) is 89.8 cm³/mol. The lowest BCUT2D eigenvalue weighted by Gasteiger charge is -2.06. The van der Waals surface area contributed by atoms with Crippen LogP contribution in [0.3, 0.4) is 0 Å². The molecule has 0 atom stereocenters. The van der Waals surface area contributed by atoms with Crippen LogP contribution in [0.1, 0.15) is 6.42 Å². The fourth-order valence-electron chi connectivity index (χ4n) is 2.19. The van der Waals surface area contributed by atoms with Gasteiger partial charge in [-0.05, 0) is 30.3 Å². The van der Waals surface area contributed by atoms with Gasteiger partial charge in [0.1, 0.15) is 0 Å². The molecule has 0 radical (unpaired) electrons. The average Bonchev–Trinajstić information content (AvgIpc) is 2.82. The fraction of sp³-hybridized carbons (Fsp3) is 0.125. The molecule has 0 aliphatic carbocycles. The third-order valence-corrected chi connectivity index (χ3v) is 4.02. The van der Waals surface area contributed by atoms with Crippen molar-refractivity contribution in [2.75, 3.05) is 0 Å². The summed E-state index contributed by atoms with van der Waals surface area (Å²) in [5, 5.41) is 0.438. The van der Waals surface area contributed by atoms with E-state index in [0.717, 1.165) is 0 Å². The van der Waals surface area contributed by atoms with Gasteiger partial charge in [-0.2, -0.15) is 0 Å². The molecule has 5 nitrogen and oxygen atoms in total. The van der Waals surface area contributed by atoms with Gasteiger partial charge in [0.2, 0.25) is 0 Å². The van der Waals surface area contributed by atoms with Crippen LogP contribution in [0.25, 0.3) is 11.1 Å². The summed E-state index contributed by atoms with van der Waals surface area (Å²) < 4.78 is 25.5. The van der Waals surface area contributed by atoms with E-state index in [1.54, 1.807) is 18.2 Å². The largest absolute Gasteiger partial charge is 0.423 e. The maximum absolute atomic E-state index is 13.6. The molecule has 124 valence electrons. The Balaban J connectivity index is 1.73. The molecule has 24 heavy (non-hydrogen) atoms. The van der Waals surface area contributed by atoms with Crippen LogP contribution < -0.4 is 10.5 Å². The van der Waals surface area contributed by atoms with Crippen molar-refractivity contribution in [2.45, 2.75) is 13.0 Å². The van der Waals surface area contributed by atoms with Gasteiger partial charge in [0, 0.05) is 22.1 Å². The highest BCUT2D eigenvalue weighted by atomic mass is 79.9. The zero-order valence-corrected chi connectivity index (χ0v) is 14.4. The molecule has 0 saturated heterocycles. The van der Waals surface area contributed by atoms with E-state index in [2.05, 4.69) is 15.9 Å². The highest BCUT2D eigenvalue weighted by Gasteiger charge is 2.14. The Hall–Kier alpha value is -2.12. The van der Waals surface area contributed by atoms with Gasteiger partial charge in [-0.1, -0.05) is 27.5 Å². The molecule has 0 spiro atoms. The van der Waals surface area contributed by atoms with Crippen LogP contribution in [0, 0.1) is 5.82 Å². The quantitative estimate of drug-likeness (QED) is 0.475. The third kappa shape index (κ3) is 3.52. The number of rotatable bonds is 4. The van der Waals surface area contributed by atoms with E-state index in [4.69, 9.17) is 20.8 Å². The average molecular weight is 415 g/mol. The topological polar surface area (TPSA) is 61.4 Å². The molecule has 0 unspecified atom stereocenters. The van der Waals surface area contributed by atoms with Crippen molar-refractivity contribution in [1.29, 1.82) is 0 Å². The number of ether oxygens (including phenoxy) is 1. The molecule has 0 bridgehead atoms. The zero-order valence-electron chi connectivity index (χ0n) is 12.1. The number of carbonyl (C=O) groups excluding carboxylic acids is 1. The Morgan fingerprint density at radius 1 is 1.29 bits per heavy atom. The number of benzene rings is 2. The summed E-state index contributed by atoms with van der Waals surface area (Å²) in [6, 6.07) is 8.86.